The van der Waals surface area contributed by atoms with Crippen molar-refractivity contribution in [3.63, 3.8) is 0 Å². The third kappa shape index (κ3) is 3.75. The largest absolute Gasteiger partial charge is 0.465 e. The first-order valence-electron chi connectivity index (χ1n) is 8.29. The van der Waals surface area contributed by atoms with Crippen molar-refractivity contribution in [2.45, 2.75) is 46.1 Å². The fraction of sp³-hybridized carbons (Fsp3) is 0.647. The fourth-order valence-corrected chi connectivity index (χ4v) is 3.32. The van der Waals surface area contributed by atoms with Crippen molar-refractivity contribution in [3.05, 3.63) is 22.5 Å². The van der Waals surface area contributed by atoms with Crippen molar-refractivity contribution in [1.82, 2.24) is 15.2 Å². The monoisotopic (exact) mass is 321 g/mol. The Kier molecular flexibility index (Phi) is 5.82. The first kappa shape index (κ1) is 17.5. The average Bonchev–Trinajstić information content (AvgIpc) is 3.16. The minimum absolute atomic E-state index is 0.168. The molecule has 6 heteroatoms. The highest BCUT2D eigenvalue weighted by molar-refractivity contribution is 6.00. The van der Waals surface area contributed by atoms with Crippen molar-refractivity contribution >= 4 is 11.9 Å². The van der Waals surface area contributed by atoms with Crippen LogP contribution in [0.5, 0.6) is 0 Å². The number of carbonyl (C=O) groups is 2. The van der Waals surface area contributed by atoms with E-state index in [0.29, 0.717) is 35.1 Å². The number of aromatic amines is 1. The predicted octanol–water partition coefficient (Wildman–Crippen LogP) is 2.02. The third-order valence-electron chi connectivity index (χ3n) is 4.68. The van der Waals surface area contributed by atoms with E-state index in [1.807, 2.05) is 0 Å². The molecule has 1 aromatic rings. The zero-order valence-electron chi connectivity index (χ0n) is 14.5. The van der Waals surface area contributed by atoms with Gasteiger partial charge in [0.2, 0.25) is 0 Å². The molecule has 1 amide bonds. The molecule has 1 fully saturated rings. The molecule has 1 aliphatic heterocycles. The van der Waals surface area contributed by atoms with Crippen molar-refractivity contribution in [1.29, 1.82) is 0 Å². The van der Waals surface area contributed by atoms with Crippen LogP contribution in [0.25, 0.3) is 0 Å². The van der Waals surface area contributed by atoms with E-state index in [4.69, 9.17) is 4.74 Å². The summed E-state index contributed by atoms with van der Waals surface area (Å²) in [7, 11) is 1.34. The third-order valence-corrected chi connectivity index (χ3v) is 4.68. The van der Waals surface area contributed by atoms with Crippen LogP contribution in [0, 0.1) is 13.8 Å². The number of H-pyrrole nitrogens is 1. The zero-order chi connectivity index (χ0) is 17.0. The van der Waals surface area contributed by atoms with E-state index in [9.17, 15) is 9.59 Å². The van der Waals surface area contributed by atoms with Crippen LogP contribution in [0.15, 0.2) is 0 Å². The molecule has 2 heterocycles. The van der Waals surface area contributed by atoms with Gasteiger partial charge in [-0.25, -0.2) is 4.79 Å². The zero-order valence-corrected chi connectivity index (χ0v) is 14.5. The molecule has 23 heavy (non-hydrogen) atoms. The summed E-state index contributed by atoms with van der Waals surface area (Å²) < 4.78 is 4.78. The van der Waals surface area contributed by atoms with E-state index >= 15 is 0 Å². The number of ether oxygens (including phenoxy) is 1. The van der Waals surface area contributed by atoms with E-state index in [1.54, 1.807) is 13.8 Å². The molecular formula is C17H27N3O3. The lowest BCUT2D eigenvalue weighted by Gasteiger charge is -2.26. The van der Waals surface area contributed by atoms with Gasteiger partial charge in [-0.15, -0.1) is 0 Å². The molecular weight excluding hydrogens is 294 g/mol. The molecule has 0 aromatic carbocycles. The number of hydrogen-bond donors (Lipinski definition) is 2. The van der Waals surface area contributed by atoms with Gasteiger partial charge in [-0.1, -0.05) is 6.92 Å². The molecule has 1 unspecified atom stereocenters. The Balaban J connectivity index is 2.04. The number of aryl methyl sites for hydroxylation is 1. The SMILES string of the molecule is CCC(CNC(=O)c1[nH]c(C)c(C(=O)OC)c1C)N1CCCC1. The summed E-state index contributed by atoms with van der Waals surface area (Å²) in [5.41, 5.74) is 2.19. The number of hydrogen-bond acceptors (Lipinski definition) is 4. The number of esters is 1. The molecule has 6 nitrogen and oxygen atoms in total. The van der Waals surface area contributed by atoms with Crippen LogP contribution in [0.3, 0.4) is 0 Å². The van der Waals surface area contributed by atoms with Gasteiger partial charge < -0.3 is 15.0 Å². The summed E-state index contributed by atoms with van der Waals surface area (Å²) in [6.07, 6.45) is 3.49. The first-order valence-corrected chi connectivity index (χ1v) is 8.29. The summed E-state index contributed by atoms with van der Waals surface area (Å²) in [6.45, 7) is 8.54. The lowest BCUT2D eigenvalue weighted by atomic mass is 10.1. The number of rotatable bonds is 6. The quantitative estimate of drug-likeness (QED) is 0.786. The highest BCUT2D eigenvalue weighted by Gasteiger charge is 2.24. The van der Waals surface area contributed by atoms with Crippen molar-refractivity contribution in [2.75, 3.05) is 26.7 Å². The second-order valence-corrected chi connectivity index (χ2v) is 6.13. The molecule has 128 valence electrons. The minimum Gasteiger partial charge on any atom is -0.465 e. The van der Waals surface area contributed by atoms with E-state index < -0.39 is 5.97 Å². The molecule has 0 radical (unpaired) electrons. The molecule has 1 aliphatic rings. The number of methoxy groups -OCH3 is 1. The number of amides is 1. The molecule has 1 aromatic heterocycles. The molecule has 2 N–H and O–H groups in total. The Bertz CT molecular complexity index is 574. The van der Waals surface area contributed by atoms with Crippen LogP contribution in [0.1, 0.15) is 58.3 Å². The fourth-order valence-electron chi connectivity index (χ4n) is 3.32. The van der Waals surface area contributed by atoms with Gasteiger partial charge in [0.15, 0.2) is 0 Å². The van der Waals surface area contributed by atoms with Gasteiger partial charge in [0.1, 0.15) is 5.69 Å². The van der Waals surface area contributed by atoms with Gasteiger partial charge in [0, 0.05) is 18.3 Å². The minimum atomic E-state index is -0.418. The lowest BCUT2D eigenvalue weighted by Crippen LogP contribution is -2.42. The molecule has 0 saturated carbocycles. The maximum Gasteiger partial charge on any atom is 0.339 e. The highest BCUT2D eigenvalue weighted by atomic mass is 16.5. The smallest absolute Gasteiger partial charge is 0.339 e. The number of nitrogens with zero attached hydrogens (tertiary/aromatic N) is 1. The average molecular weight is 321 g/mol. The van der Waals surface area contributed by atoms with E-state index in [0.717, 1.165) is 19.5 Å². The molecule has 0 bridgehead atoms. The summed E-state index contributed by atoms with van der Waals surface area (Å²) >= 11 is 0. The van der Waals surface area contributed by atoms with Crippen molar-refractivity contribution in [3.8, 4) is 0 Å². The van der Waals surface area contributed by atoms with E-state index in [-0.39, 0.29) is 5.91 Å². The van der Waals surface area contributed by atoms with Crippen molar-refractivity contribution in [2.24, 2.45) is 0 Å². The van der Waals surface area contributed by atoms with Gasteiger partial charge in [0.25, 0.3) is 5.91 Å². The molecule has 1 atom stereocenters. The molecule has 0 aliphatic carbocycles. The number of likely N-dealkylation sites (tertiary alicyclic amines) is 1. The standard InChI is InChI=1S/C17H27N3O3/c1-5-13(20-8-6-7-9-20)10-18-16(21)15-11(2)14(12(3)19-15)17(22)23-4/h13,19H,5-10H2,1-4H3,(H,18,21). The lowest BCUT2D eigenvalue weighted by molar-refractivity contribution is 0.0599. The van der Waals surface area contributed by atoms with Crippen LogP contribution in [-0.2, 0) is 4.74 Å². The molecule has 2 rings (SSSR count). The van der Waals surface area contributed by atoms with Crippen LogP contribution in [-0.4, -0.2) is 54.5 Å². The Morgan fingerprint density at radius 3 is 2.52 bits per heavy atom. The summed E-state index contributed by atoms with van der Waals surface area (Å²) in [6, 6.07) is 0.373. The molecule has 0 spiro atoms. The number of carbonyl (C=O) groups excluding carboxylic acids is 2. The normalized spacial score (nSPS) is 16.3. The molecule has 1 saturated heterocycles. The maximum atomic E-state index is 12.5. The summed E-state index contributed by atoms with van der Waals surface area (Å²) in [5, 5.41) is 3.00. The predicted molar refractivity (Wildman–Crippen MR) is 88.8 cm³/mol. The van der Waals surface area contributed by atoms with Crippen LogP contribution >= 0.6 is 0 Å². The van der Waals surface area contributed by atoms with E-state index in [2.05, 4.69) is 22.1 Å². The van der Waals surface area contributed by atoms with Gasteiger partial charge >= 0.3 is 5.97 Å². The van der Waals surface area contributed by atoms with Gasteiger partial charge in [0.05, 0.1) is 12.7 Å². The number of aromatic nitrogens is 1. The van der Waals surface area contributed by atoms with Gasteiger partial charge in [-0.05, 0) is 51.8 Å². The Morgan fingerprint density at radius 1 is 1.30 bits per heavy atom. The second-order valence-electron chi connectivity index (χ2n) is 6.13. The van der Waals surface area contributed by atoms with Crippen LogP contribution < -0.4 is 5.32 Å². The maximum absolute atomic E-state index is 12.5. The first-order chi connectivity index (χ1) is 11.0. The van der Waals surface area contributed by atoms with Gasteiger partial charge in [-0.3, -0.25) is 9.69 Å². The number of nitrogens with one attached hydrogen (secondary N) is 2. The van der Waals surface area contributed by atoms with Crippen molar-refractivity contribution < 1.29 is 14.3 Å². The van der Waals surface area contributed by atoms with Gasteiger partial charge in [-0.2, -0.15) is 0 Å². The Hall–Kier alpha value is -1.82. The summed E-state index contributed by atoms with van der Waals surface area (Å²) in [5.74, 6) is -0.586. The second kappa shape index (κ2) is 7.64. The highest BCUT2D eigenvalue weighted by Crippen LogP contribution is 2.19. The topological polar surface area (TPSA) is 74.4 Å². The Morgan fingerprint density at radius 2 is 1.96 bits per heavy atom. The summed E-state index contributed by atoms with van der Waals surface area (Å²) in [4.78, 5) is 29.7. The van der Waals surface area contributed by atoms with Crippen LogP contribution in [0.2, 0.25) is 0 Å². The van der Waals surface area contributed by atoms with Crippen LogP contribution in [0.4, 0.5) is 0 Å². The van der Waals surface area contributed by atoms with E-state index in [1.165, 1.54) is 20.0 Å². The Labute approximate surface area is 137 Å².